The number of carbonyl (C=O) groups excluding carboxylic acids is 2. The molecule has 2 N–H and O–H groups in total. The number of amides is 3. The van der Waals surface area contributed by atoms with Crippen molar-refractivity contribution in [3.8, 4) is 0 Å². The summed E-state index contributed by atoms with van der Waals surface area (Å²) in [7, 11) is 0. The van der Waals surface area contributed by atoms with E-state index >= 15 is 0 Å². The molecule has 0 heterocycles. The van der Waals surface area contributed by atoms with E-state index in [-0.39, 0.29) is 24.2 Å². The van der Waals surface area contributed by atoms with E-state index in [0.717, 1.165) is 19.3 Å². The third kappa shape index (κ3) is 4.51. The molecule has 3 amide bonds. The number of halogens is 1. The van der Waals surface area contributed by atoms with E-state index in [1.165, 1.54) is 0 Å². The van der Waals surface area contributed by atoms with Gasteiger partial charge in [0.25, 0.3) is 0 Å². The van der Waals surface area contributed by atoms with Gasteiger partial charge in [0.05, 0.1) is 0 Å². The zero-order valence-corrected chi connectivity index (χ0v) is 9.64. The summed E-state index contributed by atoms with van der Waals surface area (Å²) in [5, 5.41) is 5.03. The summed E-state index contributed by atoms with van der Waals surface area (Å²) in [4.78, 5) is 22.3. The van der Waals surface area contributed by atoms with Crippen molar-refractivity contribution in [3.63, 3.8) is 0 Å². The van der Waals surface area contributed by atoms with Crippen LogP contribution in [0, 0.1) is 5.92 Å². The van der Waals surface area contributed by atoms with Crippen LogP contribution in [-0.4, -0.2) is 23.9 Å². The van der Waals surface area contributed by atoms with Gasteiger partial charge in [0.2, 0.25) is 5.91 Å². The number of imide groups is 1. The van der Waals surface area contributed by atoms with Gasteiger partial charge in [-0.05, 0) is 25.2 Å². The normalized spacial score (nSPS) is 24.9. The summed E-state index contributed by atoms with van der Waals surface area (Å²) >= 11 is 5.38. The molecule has 0 saturated heterocycles. The predicted molar refractivity (Wildman–Crippen MR) is 58.8 cm³/mol. The maximum Gasteiger partial charge on any atom is 0.321 e. The summed E-state index contributed by atoms with van der Waals surface area (Å²) in [6, 6.07) is -0.187. The Balaban J connectivity index is 2.21. The van der Waals surface area contributed by atoms with Gasteiger partial charge in [-0.1, -0.05) is 6.92 Å². The molecule has 0 aromatic carbocycles. The number of nitrogens with one attached hydrogen (secondary N) is 2. The molecular weight excluding hydrogens is 216 g/mol. The van der Waals surface area contributed by atoms with Gasteiger partial charge in [-0.25, -0.2) is 4.79 Å². The van der Waals surface area contributed by atoms with Crippen molar-refractivity contribution in [2.75, 3.05) is 5.88 Å². The van der Waals surface area contributed by atoms with E-state index in [1.54, 1.807) is 0 Å². The van der Waals surface area contributed by atoms with Gasteiger partial charge in [0, 0.05) is 18.3 Å². The number of rotatable bonds is 3. The second-order valence-electron chi connectivity index (χ2n) is 4.08. The van der Waals surface area contributed by atoms with Gasteiger partial charge in [-0.2, -0.15) is 0 Å². The minimum absolute atomic E-state index is 0.177. The van der Waals surface area contributed by atoms with Gasteiger partial charge in [0.1, 0.15) is 0 Å². The molecule has 5 heteroatoms. The first-order chi connectivity index (χ1) is 7.11. The lowest BCUT2D eigenvalue weighted by molar-refractivity contribution is -0.119. The molecule has 1 aliphatic carbocycles. The third-order valence-electron chi connectivity index (χ3n) is 2.60. The van der Waals surface area contributed by atoms with Crippen molar-refractivity contribution < 1.29 is 9.59 Å². The highest BCUT2D eigenvalue weighted by Crippen LogP contribution is 2.24. The standard InChI is InChI=1S/C10H17ClN2O2/c1-7-2-3-8(6-7)12-10(15)13-9(14)4-5-11/h7-8H,2-6H2,1H3,(H2,12,13,14,15). The SMILES string of the molecule is CC1CCC(NC(=O)NC(=O)CCCl)C1. The van der Waals surface area contributed by atoms with Crippen LogP contribution in [0.2, 0.25) is 0 Å². The van der Waals surface area contributed by atoms with Gasteiger partial charge >= 0.3 is 6.03 Å². The van der Waals surface area contributed by atoms with Crippen LogP contribution in [0.15, 0.2) is 0 Å². The molecule has 2 unspecified atom stereocenters. The summed E-state index contributed by atoms with van der Waals surface area (Å²) in [5.41, 5.74) is 0. The average Bonchev–Trinajstić information content (AvgIpc) is 2.51. The summed E-state index contributed by atoms with van der Waals surface area (Å²) in [6.07, 6.45) is 3.31. The molecule has 0 radical (unpaired) electrons. The van der Waals surface area contributed by atoms with Crippen LogP contribution in [0.1, 0.15) is 32.6 Å². The molecule has 1 fully saturated rings. The van der Waals surface area contributed by atoms with E-state index in [1.807, 2.05) is 0 Å². The lowest BCUT2D eigenvalue weighted by Gasteiger charge is -2.12. The maximum absolute atomic E-state index is 11.3. The van der Waals surface area contributed by atoms with Crippen molar-refractivity contribution in [3.05, 3.63) is 0 Å². The molecule has 1 aliphatic rings. The minimum atomic E-state index is -0.399. The smallest absolute Gasteiger partial charge is 0.321 e. The van der Waals surface area contributed by atoms with Crippen LogP contribution in [0.4, 0.5) is 4.79 Å². The molecule has 86 valence electrons. The minimum Gasteiger partial charge on any atom is -0.335 e. The van der Waals surface area contributed by atoms with Crippen molar-refractivity contribution in [2.45, 2.75) is 38.6 Å². The molecule has 0 spiro atoms. The zero-order chi connectivity index (χ0) is 11.3. The second-order valence-corrected chi connectivity index (χ2v) is 4.45. The van der Waals surface area contributed by atoms with Crippen LogP contribution in [0.25, 0.3) is 0 Å². The number of urea groups is 1. The Bertz CT molecular complexity index is 246. The first-order valence-electron chi connectivity index (χ1n) is 5.28. The Morgan fingerprint density at radius 1 is 1.40 bits per heavy atom. The molecule has 0 aliphatic heterocycles. The molecule has 15 heavy (non-hydrogen) atoms. The van der Waals surface area contributed by atoms with Crippen molar-refractivity contribution in [1.29, 1.82) is 0 Å². The van der Waals surface area contributed by atoms with Crippen molar-refractivity contribution in [1.82, 2.24) is 10.6 Å². The quantitative estimate of drug-likeness (QED) is 0.727. The largest absolute Gasteiger partial charge is 0.335 e. The van der Waals surface area contributed by atoms with Gasteiger partial charge in [-0.15, -0.1) is 11.6 Å². The summed E-state index contributed by atoms with van der Waals surface area (Å²) in [6.45, 7) is 2.16. The fraction of sp³-hybridized carbons (Fsp3) is 0.800. The summed E-state index contributed by atoms with van der Waals surface area (Å²) < 4.78 is 0. The Hall–Kier alpha value is -0.770. The van der Waals surface area contributed by atoms with Crippen molar-refractivity contribution in [2.24, 2.45) is 5.92 Å². The molecule has 0 aromatic heterocycles. The molecule has 1 rings (SSSR count). The molecule has 1 saturated carbocycles. The predicted octanol–water partition coefficient (Wildman–Crippen LogP) is 1.63. The maximum atomic E-state index is 11.3. The molecule has 4 nitrogen and oxygen atoms in total. The van der Waals surface area contributed by atoms with Gasteiger partial charge in [0.15, 0.2) is 0 Å². The number of hydrogen-bond acceptors (Lipinski definition) is 2. The number of carbonyl (C=O) groups is 2. The van der Waals surface area contributed by atoms with E-state index in [9.17, 15) is 9.59 Å². The monoisotopic (exact) mass is 232 g/mol. The third-order valence-corrected chi connectivity index (χ3v) is 2.79. The van der Waals surface area contributed by atoms with Crippen molar-refractivity contribution >= 4 is 23.5 Å². The Labute approximate surface area is 94.7 Å². The highest BCUT2D eigenvalue weighted by Gasteiger charge is 2.22. The topological polar surface area (TPSA) is 58.2 Å². The Kier molecular flexibility index (Phi) is 4.88. The van der Waals surface area contributed by atoms with E-state index in [4.69, 9.17) is 11.6 Å². The van der Waals surface area contributed by atoms with Gasteiger partial charge < -0.3 is 5.32 Å². The van der Waals surface area contributed by atoms with Crippen LogP contribution < -0.4 is 10.6 Å². The summed E-state index contributed by atoms with van der Waals surface area (Å²) in [5.74, 6) is 0.571. The lowest BCUT2D eigenvalue weighted by Crippen LogP contribution is -2.43. The first kappa shape index (κ1) is 12.3. The Morgan fingerprint density at radius 3 is 2.67 bits per heavy atom. The molecule has 0 aromatic rings. The second kappa shape index (κ2) is 5.95. The van der Waals surface area contributed by atoms with Gasteiger partial charge in [-0.3, -0.25) is 10.1 Å². The van der Waals surface area contributed by atoms with E-state index in [2.05, 4.69) is 17.6 Å². The lowest BCUT2D eigenvalue weighted by atomic mass is 10.1. The van der Waals surface area contributed by atoms with Crippen LogP contribution in [0.5, 0.6) is 0 Å². The number of hydrogen-bond donors (Lipinski definition) is 2. The fourth-order valence-electron chi connectivity index (χ4n) is 1.83. The van der Waals surface area contributed by atoms with E-state index in [0.29, 0.717) is 5.92 Å². The molecule has 0 bridgehead atoms. The Morgan fingerprint density at radius 2 is 2.13 bits per heavy atom. The highest BCUT2D eigenvalue weighted by atomic mass is 35.5. The van der Waals surface area contributed by atoms with E-state index < -0.39 is 6.03 Å². The number of alkyl halides is 1. The highest BCUT2D eigenvalue weighted by molar-refractivity contribution is 6.19. The molecular formula is C10H17ClN2O2. The first-order valence-corrected chi connectivity index (χ1v) is 5.81. The zero-order valence-electron chi connectivity index (χ0n) is 8.88. The fourth-order valence-corrected chi connectivity index (χ4v) is 2.01. The van der Waals surface area contributed by atoms with Crippen LogP contribution >= 0.6 is 11.6 Å². The van der Waals surface area contributed by atoms with Crippen LogP contribution in [-0.2, 0) is 4.79 Å². The van der Waals surface area contributed by atoms with Crippen LogP contribution in [0.3, 0.4) is 0 Å². The molecule has 2 atom stereocenters. The average molecular weight is 233 g/mol.